The third-order valence-corrected chi connectivity index (χ3v) is 2.70. The van der Waals surface area contributed by atoms with Crippen LogP contribution in [0.1, 0.15) is 30.8 Å². The number of amides is 2. The average Bonchev–Trinajstić information content (AvgIpc) is 2.37. The van der Waals surface area contributed by atoms with Crippen LogP contribution in [0.3, 0.4) is 0 Å². The first-order valence-electron chi connectivity index (χ1n) is 5.96. The van der Waals surface area contributed by atoms with E-state index in [0.29, 0.717) is 5.82 Å². The second-order valence-electron chi connectivity index (χ2n) is 4.05. The summed E-state index contributed by atoms with van der Waals surface area (Å²) >= 11 is 5.92. The predicted molar refractivity (Wildman–Crippen MR) is 74.2 cm³/mol. The molecule has 0 saturated carbocycles. The van der Waals surface area contributed by atoms with Crippen LogP contribution in [0, 0.1) is 0 Å². The lowest BCUT2D eigenvalue weighted by molar-refractivity contribution is -0.119. The number of carbonyl (C=O) groups is 2. The standard InChI is InChI=1S/C12H17ClN4O2/c1-3-6-15-9-5-4-8(13)10(17-9)12(19)16-7(2)11(14)18/h4-5,7H,3,6H2,1-2H3,(H2,14,18)(H,15,17)(H,16,19). The van der Waals surface area contributed by atoms with Gasteiger partial charge in [0.25, 0.3) is 5.91 Å². The van der Waals surface area contributed by atoms with E-state index in [0.717, 1.165) is 13.0 Å². The van der Waals surface area contributed by atoms with Gasteiger partial charge in [-0.1, -0.05) is 18.5 Å². The van der Waals surface area contributed by atoms with Crippen molar-refractivity contribution in [3.63, 3.8) is 0 Å². The second kappa shape index (κ2) is 6.94. The average molecular weight is 285 g/mol. The molecular weight excluding hydrogens is 268 g/mol. The number of carbonyl (C=O) groups excluding carboxylic acids is 2. The Labute approximate surface area is 116 Å². The molecule has 0 aliphatic rings. The molecule has 0 fully saturated rings. The Morgan fingerprint density at radius 3 is 2.74 bits per heavy atom. The van der Waals surface area contributed by atoms with Gasteiger partial charge in [-0.15, -0.1) is 0 Å². The van der Waals surface area contributed by atoms with Gasteiger partial charge in [-0.3, -0.25) is 9.59 Å². The molecule has 6 nitrogen and oxygen atoms in total. The Balaban J connectivity index is 2.86. The van der Waals surface area contributed by atoms with Gasteiger partial charge in [0.2, 0.25) is 5.91 Å². The van der Waals surface area contributed by atoms with Crippen LogP contribution in [0.4, 0.5) is 5.82 Å². The summed E-state index contributed by atoms with van der Waals surface area (Å²) in [5, 5.41) is 5.70. The van der Waals surface area contributed by atoms with Gasteiger partial charge in [-0.25, -0.2) is 4.98 Å². The Morgan fingerprint density at radius 2 is 2.16 bits per heavy atom. The topological polar surface area (TPSA) is 97.1 Å². The fraction of sp³-hybridized carbons (Fsp3) is 0.417. The number of nitrogens with zero attached hydrogens (tertiary/aromatic N) is 1. The lowest BCUT2D eigenvalue weighted by atomic mass is 10.2. The zero-order valence-corrected chi connectivity index (χ0v) is 11.6. The van der Waals surface area contributed by atoms with Crippen LogP contribution < -0.4 is 16.4 Å². The molecule has 0 aliphatic heterocycles. The molecular formula is C12H17ClN4O2. The highest BCUT2D eigenvalue weighted by molar-refractivity contribution is 6.33. The van der Waals surface area contributed by atoms with E-state index in [1.165, 1.54) is 6.92 Å². The predicted octanol–water partition coefficient (Wildman–Crippen LogP) is 1.16. The van der Waals surface area contributed by atoms with Gasteiger partial charge in [-0.05, 0) is 25.5 Å². The monoisotopic (exact) mass is 284 g/mol. The second-order valence-corrected chi connectivity index (χ2v) is 4.46. The smallest absolute Gasteiger partial charge is 0.272 e. The highest BCUT2D eigenvalue weighted by Crippen LogP contribution is 2.16. The summed E-state index contributed by atoms with van der Waals surface area (Å²) in [6.45, 7) is 4.26. The fourth-order valence-electron chi connectivity index (χ4n) is 1.29. The summed E-state index contributed by atoms with van der Waals surface area (Å²) in [5.41, 5.74) is 5.14. The third kappa shape index (κ3) is 4.40. The number of nitrogens with two attached hydrogens (primary N) is 1. The van der Waals surface area contributed by atoms with E-state index in [9.17, 15) is 9.59 Å². The van der Waals surface area contributed by atoms with Gasteiger partial charge >= 0.3 is 0 Å². The summed E-state index contributed by atoms with van der Waals surface area (Å²) in [6, 6.07) is 2.49. The Bertz CT molecular complexity index is 479. The van der Waals surface area contributed by atoms with Crippen molar-refractivity contribution < 1.29 is 9.59 Å². The minimum absolute atomic E-state index is 0.0656. The van der Waals surface area contributed by atoms with Crippen LogP contribution in [0.2, 0.25) is 5.02 Å². The molecule has 4 N–H and O–H groups in total. The first-order valence-corrected chi connectivity index (χ1v) is 6.34. The Morgan fingerprint density at radius 1 is 1.47 bits per heavy atom. The zero-order chi connectivity index (χ0) is 14.4. The van der Waals surface area contributed by atoms with E-state index in [-0.39, 0.29) is 10.7 Å². The highest BCUT2D eigenvalue weighted by Gasteiger charge is 2.17. The molecule has 1 aromatic rings. The summed E-state index contributed by atoms with van der Waals surface area (Å²) < 4.78 is 0. The van der Waals surface area contributed by atoms with Crippen LogP contribution in [0.15, 0.2) is 12.1 Å². The molecule has 0 aliphatic carbocycles. The quantitative estimate of drug-likeness (QED) is 0.730. The molecule has 1 aromatic heterocycles. The molecule has 19 heavy (non-hydrogen) atoms. The molecule has 104 valence electrons. The molecule has 2 amide bonds. The zero-order valence-electron chi connectivity index (χ0n) is 10.9. The van der Waals surface area contributed by atoms with Crippen LogP contribution in [-0.2, 0) is 4.79 Å². The summed E-state index contributed by atoms with van der Waals surface area (Å²) in [7, 11) is 0. The van der Waals surface area contributed by atoms with Crippen molar-refractivity contribution in [3.8, 4) is 0 Å². The maximum atomic E-state index is 11.9. The number of nitrogens with one attached hydrogen (secondary N) is 2. The van der Waals surface area contributed by atoms with Crippen molar-refractivity contribution >= 4 is 29.2 Å². The van der Waals surface area contributed by atoms with E-state index in [1.54, 1.807) is 12.1 Å². The molecule has 1 atom stereocenters. The first-order chi connectivity index (χ1) is 8.95. The van der Waals surface area contributed by atoms with Crippen molar-refractivity contribution in [2.75, 3.05) is 11.9 Å². The SMILES string of the molecule is CCCNc1ccc(Cl)c(C(=O)NC(C)C(N)=O)n1. The molecule has 7 heteroatoms. The minimum atomic E-state index is -0.780. The molecule has 0 saturated heterocycles. The van der Waals surface area contributed by atoms with Gasteiger partial charge in [-0.2, -0.15) is 0 Å². The largest absolute Gasteiger partial charge is 0.370 e. The maximum absolute atomic E-state index is 11.9. The van der Waals surface area contributed by atoms with Gasteiger partial charge in [0.1, 0.15) is 17.6 Å². The van der Waals surface area contributed by atoms with Gasteiger partial charge in [0, 0.05) is 6.54 Å². The highest BCUT2D eigenvalue weighted by atomic mass is 35.5. The number of hydrogen-bond donors (Lipinski definition) is 3. The van der Waals surface area contributed by atoms with Crippen molar-refractivity contribution in [1.29, 1.82) is 0 Å². The molecule has 0 radical (unpaired) electrons. The normalized spacial score (nSPS) is 11.7. The Kier molecular flexibility index (Phi) is 5.57. The van der Waals surface area contributed by atoms with Crippen LogP contribution in [0.5, 0.6) is 0 Å². The van der Waals surface area contributed by atoms with E-state index >= 15 is 0 Å². The number of rotatable bonds is 6. The van der Waals surface area contributed by atoms with E-state index in [1.807, 2.05) is 6.92 Å². The van der Waals surface area contributed by atoms with Gasteiger partial charge in [0.05, 0.1) is 5.02 Å². The van der Waals surface area contributed by atoms with Gasteiger partial charge in [0.15, 0.2) is 0 Å². The van der Waals surface area contributed by atoms with E-state index in [2.05, 4.69) is 15.6 Å². The van der Waals surface area contributed by atoms with Crippen molar-refractivity contribution in [2.45, 2.75) is 26.3 Å². The Hall–Kier alpha value is -1.82. The lowest BCUT2D eigenvalue weighted by Crippen LogP contribution is -2.42. The van der Waals surface area contributed by atoms with E-state index < -0.39 is 17.9 Å². The minimum Gasteiger partial charge on any atom is -0.370 e. The number of halogens is 1. The summed E-state index contributed by atoms with van der Waals surface area (Å²) in [4.78, 5) is 26.9. The lowest BCUT2D eigenvalue weighted by Gasteiger charge is -2.11. The number of hydrogen-bond acceptors (Lipinski definition) is 4. The molecule has 0 aromatic carbocycles. The molecule has 1 unspecified atom stereocenters. The van der Waals surface area contributed by atoms with Gasteiger partial charge < -0.3 is 16.4 Å². The van der Waals surface area contributed by atoms with Crippen molar-refractivity contribution in [3.05, 3.63) is 22.8 Å². The molecule has 0 bridgehead atoms. The van der Waals surface area contributed by atoms with Crippen molar-refractivity contribution in [2.24, 2.45) is 5.73 Å². The first kappa shape index (κ1) is 15.2. The summed E-state index contributed by atoms with van der Waals surface area (Å²) in [6.07, 6.45) is 0.935. The van der Waals surface area contributed by atoms with Crippen LogP contribution in [-0.4, -0.2) is 29.4 Å². The number of pyridine rings is 1. The number of aromatic nitrogens is 1. The molecule has 1 rings (SSSR count). The molecule has 1 heterocycles. The van der Waals surface area contributed by atoms with Crippen LogP contribution in [0.25, 0.3) is 0 Å². The fourth-order valence-corrected chi connectivity index (χ4v) is 1.48. The summed E-state index contributed by atoms with van der Waals surface area (Å²) in [5.74, 6) is -0.593. The maximum Gasteiger partial charge on any atom is 0.272 e. The number of primary amides is 1. The number of anilines is 1. The molecule has 0 spiro atoms. The van der Waals surface area contributed by atoms with E-state index in [4.69, 9.17) is 17.3 Å². The third-order valence-electron chi connectivity index (χ3n) is 2.39. The van der Waals surface area contributed by atoms with Crippen molar-refractivity contribution in [1.82, 2.24) is 10.3 Å². The van der Waals surface area contributed by atoms with Crippen LogP contribution >= 0.6 is 11.6 Å².